The van der Waals surface area contributed by atoms with Gasteiger partial charge in [-0.25, -0.2) is 4.79 Å². The Hall–Kier alpha value is -0.910. The van der Waals surface area contributed by atoms with Crippen molar-refractivity contribution in [3.05, 3.63) is 0 Å². The lowest BCUT2D eigenvalue weighted by Crippen LogP contribution is -2.44. The van der Waals surface area contributed by atoms with Gasteiger partial charge in [0.2, 0.25) is 0 Å². The number of nitrogens with one attached hydrogen (secondary N) is 1. The molecule has 6 heteroatoms. The summed E-state index contributed by atoms with van der Waals surface area (Å²) in [6.07, 6.45) is 6.45. The molecule has 0 aromatic heterocycles. The maximum Gasteiger partial charge on any atom is 0.317 e. The van der Waals surface area contributed by atoms with Gasteiger partial charge in [-0.2, -0.15) is 11.8 Å². The molecule has 0 aromatic rings. The molecule has 114 valence electrons. The average molecular weight is 300 g/mol. The fourth-order valence-corrected chi connectivity index (χ4v) is 4.01. The number of urea groups is 1. The number of rotatable bonds is 4. The molecule has 1 saturated heterocycles. The van der Waals surface area contributed by atoms with Crippen molar-refractivity contribution in [1.29, 1.82) is 0 Å². The third-order valence-electron chi connectivity index (χ3n) is 4.82. The van der Waals surface area contributed by atoms with Crippen LogP contribution in [0.4, 0.5) is 4.79 Å². The van der Waals surface area contributed by atoms with E-state index in [9.17, 15) is 14.7 Å². The van der Waals surface area contributed by atoms with Crippen LogP contribution in [0, 0.1) is 5.41 Å². The van der Waals surface area contributed by atoms with Gasteiger partial charge in [-0.15, -0.1) is 0 Å². The first-order valence-electron chi connectivity index (χ1n) is 7.32. The minimum atomic E-state index is -0.779. The van der Waals surface area contributed by atoms with Crippen LogP contribution in [0.3, 0.4) is 0 Å². The summed E-state index contributed by atoms with van der Waals surface area (Å²) in [6, 6.07) is 0.162. The van der Waals surface area contributed by atoms with E-state index >= 15 is 0 Å². The monoisotopic (exact) mass is 300 g/mol. The van der Waals surface area contributed by atoms with Crippen molar-refractivity contribution < 1.29 is 14.7 Å². The Balaban J connectivity index is 1.87. The molecule has 0 spiro atoms. The highest BCUT2D eigenvalue weighted by molar-refractivity contribution is 7.99. The van der Waals surface area contributed by atoms with Crippen molar-refractivity contribution in [3.8, 4) is 0 Å². The Kier molecular flexibility index (Phi) is 4.83. The molecule has 0 bridgehead atoms. The van der Waals surface area contributed by atoms with Gasteiger partial charge in [0.25, 0.3) is 0 Å². The molecular weight excluding hydrogens is 276 g/mol. The highest BCUT2D eigenvalue weighted by Crippen LogP contribution is 2.34. The normalized spacial score (nSPS) is 33.4. The first-order chi connectivity index (χ1) is 9.50. The zero-order valence-electron chi connectivity index (χ0n) is 12.2. The fourth-order valence-electron chi connectivity index (χ4n) is 3.21. The number of hydrogen-bond donors (Lipinski definition) is 2. The predicted octanol–water partition coefficient (Wildman–Crippen LogP) is 2.17. The van der Waals surface area contributed by atoms with Gasteiger partial charge in [0.1, 0.15) is 0 Å². The second-order valence-corrected chi connectivity index (χ2v) is 7.07. The molecule has 2 fully saturated rings. The van der Waals surface area contributed by atoms with E-state index in [1.807, 2.05) is 18.7 Å². The zero-order valence-corrected chi connectivity index (χ0v) is 13.0. The minimum Gasteiger partial charge on any atom is -0.481 e. The van der Waals surface area contributed by atoms with E-state index in [-0.39, 0.29) is 12.1 Å². The number of aliphatic carboxylic acids is 1. The van der Waals surface area contributed by atoms with E-state index < -0.39 is 11.4 Å². The molecule has 2 amide bonds. The van der Waals surface area contributed by atoms with Gasteiger partial charge in [-0.05, 0) is 38.4 Å². The number of nitrogens with zero attached hydrogens (tertiary/aromatic N) is 1. The lowest BCUT2D eigenvalue weighted by atomic mass is 9.84. The molecule has 0 radical (unpaired) electrons. The van der Waals surface area contributed by atoms with Gasteiger partial charge in [-0.3, -0.25) is 4.79 Å². The third-order valence-corrected chi connectivity index (χ3v) is 5.91. The minimum absolute atomic E-state index is 0.0895. The summed E-state index contributed by atoms with van der Waals surface area (Å²) in [4.78, 5) is 25.3. The van der Waals surface area contributed by atoms with Crippen molar-refractivity contribution in [2.24, 2.45) is 5.41 Å². The fraction of sp³-hybridized carbons (Fsp3) is 0.857. The molecule has 3 atom stereocenters. The van der Waals surface area contributed by atoms with Gasteiger partial charge in [-0.1, -0.05) is 6.92 Å². The van der Waals surface area contributed by atoms with E-state index in [1.165, 1.54) is 0 Å². The number of carbonyl (C=O) groups is 2. The first kappa shape index (κ1) is 15.5. The molecule has 3 unspecified atom stereocenters. The van der Waals surface area contributed by atoms with E-state index in [0.717, 1.165) is 19.3 Å². The van der Waals surface area contributed by atoms with Crippen molar-refractivity contribution in [2.45, 2.75) is 50.3 Å². The summed E-state index contributed by atoms with van der Waals surface area (Å²) >= 11 is 1.86. The lowest BCUT2D eigenvalue weighted by Gasteiger charge is -2.24. The van der Waals surface area contributed by atoms with Crippen molar-refractivity contribution >= 4 is 23.8 Å². The zero-order chi connectivity index (χ0) is 14.8. The van der Waals surface area contributed by atoms with Gasteiger partial charge in [0.15, 0.2) is 0 Å². The second kappa shape index (κ2) is 6.24. The molecule has 1 heterocycles. The molecule has 5 nitrogen and oxygen atoms in total. The van der Waals surface area contributed by atoms with Gasteiger partial charge in [0, 0.05) is 24.4 Å². The Morgan fingerprint density at radius 3 is 2.70 bits per heavy atom. The third kappa shape index (κ3) is 3.05. The summed E-state index contributed by atoms with van der Waals surface area (Å²) in [6.45, 7) is 2.77. The van der Waals surface area contributed by atoms with Crippen LogP contribution in [0.5, 0.6) is 0 Å². The molecule has 20 heavy (non-hydrogen) atoms. The van der Waals surface area contributed by atoms with Gasteiger partial charge >= 0.3 is 12.0 Å². The predicted molar refractivity (Wildman–Crippen MR) is 80.0 cm³/mol. The quantitative estimate of drug-likeness (QED) is 0.835. The van der Waals surface area contributed by atoms with E-state index in [0.29, 0.717) is 31.2 Å². The smallest absolute Gasteiger partial charge is 0.317 e. The second-order valence-electron chi connectivity index (χ2n) is 5.93. The van der Waals surface area contributed by atoms with Crippen LogP contribution < -0.4 is 5.32 Å². The standard InChI is InChI=1S/C14H24N2O3S/c1-3-14(12(17)18)6-7-16(9-14)13(19)15-10-4-5-11(8-10)20-2/h10-11H,3-9H2,1-2H3,(H,15,19)(H,17,18). The van der Waals surface area contributed by atoms with Crippen LogP contribution in [0.1, 0.15) is 39.0 Å². The summed E-state index contributed by atoms with van der Waals surface area (Å²) in [5, 5.41) is 13.1. The number of hydrogen-bond acceptors (Lipinski definition) is 3. The maximum absolute atomic E-state index is 12.2. The summed E-state index contributed by atoms with van der Waals surface area (Å²) in [5.41, 5.74) is -0.741. The van der Waals surface area contributed by atoms with Crippen LogP contribution in [0.25, 0.3) is 0 Å². The molecule has 0 aromatic carbocycles. The Morgan fingerprint density at radius 1 is 1.45 bits per heavy atom. The molecule has 2 N–H and O–H groups in total. The van der Waals surface area contributed by atoms with Crippen LogP contribution in [-0.2, 0) is 4.79 Å². The number of amides is 2. The molecule has 1 aliphatic heterocycles. The maximum atomic E-state index is 12.2. The highest BCUT2D eigenvalue weighted by atomic mass is 32.2. The lowest BCUT2D eigenvalue weighted by molar-refractivity contribution is -0.148. The average Bonchev–Trinajstić information content (AvgIpc) is 3.05. The van der Waals surface area contributed by atoms with Crippen LogP contribution in [0.15, 0.2) is 0 Å². The van der Waals surface area contributed by atoms with Crippen LogP contribution in [-0.4, -0.2) is 52.6 Å². The topological polar surface area (TPSA) is 69.6 Å². The number of carbonyl (C=O) groups excluding carboxylic acids is 1. The number of carboxylic acid groups (broad SMARTS) is 1. The van der Waals surface area contributed by atoms with Crippen molar-refractivity contribution in [1.82, 2.24) is 10.2 Å². The number of carboxylic acids is 1. The SMILES string of the molecule is CCC1(C(=O)O)CCN(C(=O)NC2CCC(SC)C2)C1. The summed E-state index contributed by atoms with van der Waals surface area (Å²) in [5.74, 6) is -0.779. The molecule has 2 aliphatic rings. The van der Waals surface area contributed by atoms with Crippen LogP contribution >= 0.6 is 11.8 Å². The van der Waals surface area contributed by atoms with Gasteiger partial charge in [0.05, 0.1) is 5.41 Å². The van der Waals surface area contributed by atoms with Crippen molar-refractivity contribution in [2.75, 3.05) is 19.3 Å². The van der Waals surface area contributed by atoms with Crippen molar-refractivity contribution in [3.63, 3.8) is 0 Å². The van der Waals surface area contributed by atoms with E-state index in [2.05, 4.69) is 11.6 Å². The number of likely N-dealkylation sites (tertiary alicyclic amines) is 1. The van der Waals surface area contributed by atoms with Gasteiger partial charge < -0.3 is 15.3 Å². The Morgan fingerprint density at radius 2 is 2.20 bits per heavy atom. The molecule has 2 rings (SSSR count). The van der Waals surface area contributed by atoms with E-state index in [1.54, 1.807) is 4.90 Å². The van der Waals surface area contributed by atoms with Crippen LogP contribution in [0.2, 0.25) is 0 Å². The Bertz CT molecular complexity index is 391. The largest absolute Gasteiger partial charge is 0.481 e. The molecule has 1 saturated carbocycles. The first-order valence-corrected chi connectivity index (χ1v) is 8.61. The van der Waals surface area contributed by atoms with E-state index in [4.69, 9.17) is 0 Å². The summed E-state index contributed by atoms with van der Waals surface area (Å²) < 4.78 is 0. The summed E-state index contributed by atoms with van der Waals surface area (Å²) in [7, 11) is 0. The molecular formula is C14H24N2O3S. The number of thioether (sulfide) groups is 1. The Labute approximate surface area is 124 Å². The molecule has 1 aliphatic carbocycles. The highest BCUT2D eigenvalue weighted by Gasteiger charge is 2.45.